The summed E-state index contributed by atoms with van der Waals surface area (Å²) >= 11 is 1.74. The fraction of sp³-hybridized carbons (Fsp3) is 0.333. The van der Waals surface area contributed by atoms with Gasteiger partial charge in [0.05, 0.1) is 22.3 Å². The average Bonchev–Trinajstić information content (AvgIpc) is 2.98. The Morgan fingerprint density at radius 1 is 1.32 bits per heavy atom. The maximum atomic E-state index is 8.94. The van der Waals surface area contributed by atoms with Gasteiger partial charge >= 0.3 is 0 Å². The minimum atomic E-state index is 0.596. The highest BCUT2D eigenvalue weighted by atomic mass is 32.1. The van der Waals surface area contributed by atoms with Crippen molar-refractivity contribution in [2.24, 2.45) is 0 Å². The number of hydrogen-bond acceptors (Lipinski definition) is 4. The summed E-state index contributed by atoms with van der Waals surface area (Å²) in [6.07, 6.45) is 2.34. The molecule has 0 atom stereocenters. The average molecular weight is 269 g/mol. The van der Waals surface area contributed by atoms with Crippen molar-refractivity contribution in [2.75, 3.05) is 13.1 Å². The number of aromatic nitrogens is 1. The molecule has 1 saturated heterocycles. The Morgan fingerprint density at radius 2 is 2.16 bits per heavy atom. The summed E-state index contributed by atoms with van der Waals surface area (Å²) in [5.41, 5.74) is 2.72. The van der Waals surface area contributed by atoms with Crippen LogP contribution in [0.2, 0.25) is 0 Å². The van der Waals surface area contributed by atoms with Gasteiger partial charge in [-0.05, 0) is 38.1 Å². The van der Waals surface area contributed by atoms with Crippen LogP contribution >= 0.6 is 11.3 Å². The van der Waals surface area contributed by atoms with Gasteiger partial charge in [-0.25, -0.2) is 4.98 Å². The molecule has 1 aliphatic rings. The summed E-state index contributed by atoms with van der Waals surface area (Å²) < 4.78 is 0. The lowest BCUT2D eigenvalue weighted by atomic mass is 9.99. The molecule has 1 aliphatic heterocycles. The molecule has 3 rings (SSSR count). The summed E-state index contributed by atoms with van der Waals surface area (Å²) in [7, 11) is 0. The highest BCUT2D eigenvalue weighted by molar-refractivity contribution is 7.10. The first-order valence-electron chi connectivity index (χ1n) is 6.53. The van der Waals surface area contributed by atoms with Crippen molar-refractivity contribution in [1.29, 1.82) is 5.26 Å². The monoisotopic (exact) mass is 269 g/mol. The van der Waals surface area contributed by atoms with E-state index in [2.05, 4.69) is 16.8 Å². The van der Waals surface area contributed by atoms with Crippen LogP contribution in [0.1, 0.15) is 29.3 Å². The van der Waals surface area contributed by atoms with Crippen LogP contribution in [-0.4, -0.2) is 18.1 Å². The van der Waals surface area contributed by atoms with Gasteiger partial charge in [0.1, 0.15) is 0 Å². The van der Waals surface area contributed by atoms with Crippen LogP contribution in [0.15, 0.2) is 29.6 Å². The van der Waals surface area contributed by atoms with E-state index in [1.165, 1.54) is 17.8 Å². The Bertz CT molecular complexity index is 606. The first-order chi connectivity index (χ1) is 9.36. The maximum Gasteiger partial charge on any atom is 0.0991 e. The molecule has 96 valence electrons. The summed E-state index contributed by atoms with van der Waals surface area (Å²) in [6.45, 7) is 2.17. The Morgan fingerprint density at radius 3 is 2.95 bits per heavy atom. The lowest BCUT2D eigenvalue weighted by molar-refractivity contribution is 0.459. The molecule has 0 spiro atoms. The van der Waals surface area contributed by atoms with E-state index in [9.17, 15) is 0 Å². The molecule has 2 heterocycles. The second kappa shape index (κ2) is 5.52. The van der Waals surface area contributed by atoms with Crippen molar-refractivity contribution in [3.8, 4) is 17.3 Å². The van der Waals surface area contributed by atoms with Gasteiger partial charge in [-0.2, -0.15) is 5.26 Å². The quantitative estimate of drug-likeness (QED) is 0.911. The molecule has 3 nitrogen and oxygen atoms in total. The molecule has 2 aromatic rings. The fourth-order valence-electron chi connectivity index (χ4n) is 2.42. The number of nitriles is 1. The molecule has 1 aromatic heterocycles. The van der Waals surface area contributed by atoms with Gasteiger partial charge in [0, 0.05) is 16.9 Å². The molecule has 1 aromatic carbocycles. The molecule has 0 aliphatic carbocycles. The second-order valence-electron chi connectivity index (χ2n) is 4.79. The highest BCUT2D eigenvalue weighted by Crippen LogP contribution is 2.31. The Kier molecular flexibility index (Phi) is 3.58. The van der Waals surface area contributed by atoms with E-state index in [-0.39, 0.29) is 0 Å². The SMILES string of the molecule is N#Cc1cccc(-c2csc(C3CCNCC3)n2)c1. The normalized spacial score (nSPS) is 16.2. The summed E-state index contributed by atoms with van der Waals surface area (Å²) in [6, 6.07) is 9.83. The molecule has 4 heteroatoms. The lowest BCUT2D eigenvalue weighted by Crippen LogP contribution is -2.26. The highest BCUT2D eigenvalue weighted by Gasteiger charge is 2.18. The Labute approximate surface area is 116 Å². The number of nitrogens with one attached hydrogen (secondary N) is 1. The number of piperidine rings is 1. The third kappa shape index (κ3) is 2.67. The van der Waals surface area contributed by atoms with Crippen LogP contribution in [0.25, 0.3) is 11.3 Å². The van der Waals surface area contributed by atoms with Crippen molar-refractivity contribution in [2.45, 2.75) is 18.8 Å². The standard InChI is InChI=1S/C15H15N3S/c16-9-11-2-1-3-13(8-11)14-10-19-15(18-14)12-4-6-17-7-5-12/h1-3,8,10,12,17H,4-7H2. The van der Waals surface area contributed by atoms with Gasteiger partial charge in [0.15, 0.2) is 0 Å². The zero-order valence-electron chi connectivity index (χ0n) is 10.6. The second-order valence-corrected chi connectivity index (χ2v) is 5.68. The van der Waals surface area contributed by atoms with Gasteiger partial charge in [-0.15, -0.1) is 11.3 Å². The molecular weight excluding hydrogens is 254 g/mol. The van der Waals surface area contributed by atoms with Gasteiger partial charge in [-0.1, -0.05) is 12.1 Å². The van der Waals surface area contributed by atoms with E-state index in [4.69, 9.17) is 10.2 Å². The number of benzene rings is 1. The van der Waals surface area contributed by atoms with Crippen molar-refractivity contribution >= 4 is 11.3 Å². The van der Waals surface area contributed by atoms with Crippen LogP contribution in [0, 0.1) is 11.3 Å². The van der Waals surface area contributed by atoms with E-state index in [0.29, 0.717) is 11.5 Å². The van der Waals surface area contributed by atoms with E-state index in [0.717, 1.165) is 24.3 Å². The first-order valence-corrected chi connectivity index (χ1v) is 7.41. The van der Waals surface area contributed by atoms with E-state index in [1.807, 2.05) is 24.3 Å². The summed E-state index contributed by atoms with van der Waals surface area (Å²) in [5.74, 6) is 0.596. The number of rotatable bonds is 2. The van der Waals surface area contributed by atoms with E-state index >= 15 is 0 Å². The Hall–Kier alpha value is -1.70. The summed E-state index contributed by atoms with van der Waals surface area (Å²) in [4.78, 5) is 4.76. The van der Waals surface area contributed by atoms with Crippen LogP contribution in [0.3, 0.4) is 0 Å². The molecule has 0 bridgehead atoms. The minimum absolute atomic E-state index is 0.596. The minimum Gasteiger partial charge on any atom is -0.317 e. The van der Waals surface area contributed by atoms with Crippen LogP contribution < -0.4 is 5.32 Å². The Balaban J connectivity index is 1.86. The molecular formula is C15H15N3S. The topological polar surface area (TPSA) is 48.7 Å². The molecule has 19 heavy (non-hydrogen) atoms. The van der Waals surface area contributed by atoms with Crippen molar-refractivity contribution < 1.29 is 0 Å². The van der Waals surface area contributed by atoms with Crippen molar-refractivity contribution in [1.82, 2.24) is 10.3 Å². The molecule has 1 fully saturated rings. The molecule has 1 N–H and O–H groups in total. The molecule has 0 radical (unpaired) electrons. The maximum absolute atomic E-state index is 8.94. The third-order valence-corrected chi connectivity index (χ3v) is 4.50. The van der Waals surface area contributed by atoms with Gasteiger partial charge in [0.2, 0.25) is 0 Å². The van der Waals surface area contributed by atoms with Crippen molar-refractivity contribution in [3.63, 3.8) is 0 Å². The largest absolute Gasteiger partial charge is 0.317 e. The fourth-order valence-corrected chi connectivity index (χ4v) is 3.43. The zero-order chi connectivity index (χ0) is 13.1. The van der Waals surface area contributed by atoms with Gasteiger partial charge in [-0.3, -0.25) is 0 Å². The third-order valence-electron chi connectivity index (χ3n) is 3.50. The van der Waals surface area contributed by atoms with E-state index in [1.54, 1.807) is 11.3 Å². The lowest BCUT2D eigenvalue weighted by Gasteiger charge is -2.20. The first kappa shape index (κ1) is 12.3. The van der Waals surface area contributed by atoms with Crippen LogP contribution in [-0.2, 0) is 0 Å². The van der Waals surface area contributed by atoms with Crippen molar-refractivity contribution in [3.05, 3.63) is 40.2 Å². The van der Waals surface area contributed by atoms with Crippen LogP contribution in [0.4, 0.5) is 0 Å². The van der Waals surface area contributed by atoms with E-state index < -0.39 is 0 Å². The smallest absolute Gasteiger partial charge is 0.0991 e. The molecule has 0 amide bonds. The predicted octanol–water partition coefficient (Wildman–Crippen LogP) is 3.15. The predicted molar refractivity (Wildman–Crippen MR) is 77.1 cm³/mol. The van der Waals surface area contributed by atoms with Gasteiger partial charge in [0.25, 0.3) is 0 Å². The number of nitrogens with zero attached hydrogens (tertiary/aromatic N) is 2. The number of hydrogen-bond donors (Lipinski definition) is 1. The van der Waals surface area contributed by atoms with Gasteiger partial charge < -0.3 is 5.32 Å². The molecule has 0 unspecified atom stereocenters. The zero-order valence-corrected chi connectivity index (χ0v) is 11.4. The molecule has 0 saturated carbocycles. The van der Waals surface area contributed by atoms with Crippen LogP contribution in [0.5, 0.6) is 0 Å². The number of thiazole rings is 1. The summed E-state index contributed by atoms with van der Waals surface area (Å²) in [5, 5.41) is 15.7.